The number of benzene rings is 1. The summed E-state index contributed by atoms with van der Waals surface area (Å²) >= 11 is 3.12. The fourth-order valence-electron chi connectivity index (χ4n) is 2.09. The molecule has 0 atom stereocenters. The average Bonchev–Trinajstić information content (AvgIpc) is 2.53. The van der Waals surface area contributed by atoms with Crippen LogP contribution in [0.15, 0.2) is 35.3 Å². The fraction of sp³-hybridized carbons (Fsp3) is 0.333. The Morgan fingerprint density at radius 1 is 1.23 bits per heavy atom. The van der Waals surface area contributed by atoms with Crippen molar-refractivity contribution in [3.05, 3.63) is 35.3 Å². The Labute approximate surface area is 137 Å². The molecule has 2 rings (SSSR count). The molecule has 1 aromatic rings. The third kappa shape index (κ3) is 4.57. The average molecular weight is 368 g/mol. The zero-order chi connectivity index (χ0) is 15.9. The number of nitrogens with zero attached hydrogens (tertiary/aromatic N) is 1. The van der Waals surface area contributed by atoms with Crippen molar-refractivity contribution in [2.24, 2.45) is 0 Å². The van der Waals surface area contributed by atoms with Crippen molar-refractivity contribution < 1.29 is 14.3 Å². The first-order chi connectivity index (χ1) is 10.6. The molecule has 0 aromatic heterocycles. The molecular formula is C15H18BrN3O3. The third-order valence-electron chi connectivity index (χ3n) is 3.15. The number of hydrogen-bond donors (Lipinski definition) is 2. The van der Waals surface area contributed by atoms with E-state index in [9.17, 15) is 9.59 Å². The number of morpholine rings is 1. The van der Waals surface area contributed by atoms with Crippen LogP contribution < -0.4 is 15.5 Å². The first-order valence-corrected chi connectivity index (χ1v) is 7.71. The van der Waals surface area contributed by atoms with E-state index in [1.165, 1.54) is 0 Å². The van der Waals surface area contributed by atoms with Crippen molar-refractivity contribution in [1.29, 1.82) is 0 Å². The molecule has 0 radical (unpaired) electrons. The minimum Gasteiger partial charge on any atom is -0.378 e. The van der Waals surface area contributed by atoms with E-state index in [1.54, 1.807) is 6.07 Å². The molecule has 0 bridgehead atoms. The topological polar surface area (TPSA) is 70.7 Å². The molecule has 1 aliphatic rings. The molecule has 0 saturated carbocycles. The van der Waals surface area contributed by atoms with Gasteiger partial charge in [-0.25, -0.2) is 0 Å². The Kier molecular flexibility index (Phi) is 5.97. The van der Waals surface area contributed by atoms with Crippen molar-refractivity contribution >= 4 is 39.1 Å². The van der Waals surface area contributed by atoms with Gasteiger partial charge in [-0.15, -0.1) is 0 Å². The molecule has 6 nitrogen and oxygen atoms in total. The number of rotatable bonds is 4. The minimum atomic E-state index is -0.700. The van der Waals surface area contributed by atoms with Gasteiger partial charge in [-0.3, -0.25) is 9.59 Å². The Morgan fingerprint density at radius 3 is 2.59 bits per heavy atom. The number of halogens is 1. The summed E-state index contributed by atoms with van der Waals surface area (Å²) in [5.74, 6) is -1.40. The zero-order valence-corrected chi connectivity index (χ0v) is 13.7. The molecule has 22 heavy (non-hydrogen) atoms. The summed E-state index contributed by atoms with van der Waals surface area (Å²) in [5, 5.41) is 5.12. The monoisotopic (exact) mass is 367 g/mol. The second-order valence-electron chi connectivity index (χ2n) is 4.77. The van der Waals surface area contributed by atoms with Crippen molar-refractivity contribution in [1.82, 2.24) is 5.32 Å². The highest BCUT2D eigenvalue weighted by molar-refractivity contribution is 9.11. The van der Waals surface area contributed by atoms with Crippen molar-refractivity contribution in [2.45, 2.75) is 0 Å². The lowest BCUT2D eigenvalue weighted by atomic mass is 10.2. The summed E-state index contributed by atoms with van der Waals surface area (Å²) in [4.78, 5) is 25.8. The molecular weight excluding hydrogens is 350 g/mol. The van der Waals surface area contributed by atoms with Gasteiger partial charge < -0.3 is 20.3 Å². The molecule has 2 amide bonds. The van der Waals surface area contributed by atoms with E-state index in [-0.39, 0.29) is 6.54 Å². The molecule has 0 spiro atoms. The highest BCUT2D eigenvalue weighted by atomic mass is 79.9. The van der Waals surface area contributed by atoms with Crippen LogP contribution in [0.25, 0.3) is 0 Å². The van der Waals surface area contributed by atoms with Crippen LogP contribution in [-0.2, 0) is 14.3 Å². The Hall–Kier alpha value is -1.86. The van der Waals surface area contributed by atoms with Crippen molar-refractivity contribution in [3.8, 4) is 0 Å². The fourth-order valence-corrected chi connectivity index (χ4v) is 2.24. The normalized spacial score (nSPS) is 14.3. The largest absolute Gasteiger partial charge is 0.378 e. The SMILES string of the molecule is C=C(Br)CNC(=O)C(=O)Nc1ccccc1N1CCOCC1. The van der Waals surface area contributed by atoms with Gasteiger partial charge in [0.25, 0.3) is 0 Å². The van der Waals surface area contributed by atoms with Crippen LogP contribution >= 0.6 is 15.9 Å². The summed E-state index contributed by atoms with van der Waals surface area (Å²) in [7, 11) is 0. The number of ether oxygens (including phenoxy) is 1. The Balaban J connectivity index is 2.04. The standard InChI is InChI=1S/C15H18BrN3O3/c1-11(16)10-17-14(20)15(21)18-12-4-2-3-5-13(12)19-6-8-22-9-7-19/h2-5H,1,6-10H2,(H,17,20)(H,18,21). The third-order valence-corrected chi connectivity index (χ3v) is 3.43. The van der Waals surface area contributed by atoms with Crippen LogP contribution in [-0.4, -0.2) is 44.7 Å². The molecule has 2 N–H and O–H groups in total. The van der Waals surface area contributed by atoms with Gasteiger partial charge in [-0.05, 0) is 12.1 Å². The molecule has 1 aliphatic heterocycles. The van der Waals surface area contributed by atoms with Crippen LogP contribution in [0.3, 0.4) is 0 Å². The van der Waals surface area contributed by atoms with Gasteiger partial charge in [0.05, 0.1) is 24.6 Å². The maximum absolute atomic E-state index is 11.9. The van der Waals surface area contributed by atoms with Crippen LogP contribution in [0, 0.1) is 0 Å². The van der Waals surface area contributed by atoms with Gasteiger partial charge in [-0.1, -0.05) is 34.6 Å². The van der Waals surface area contributed by atoms with Crippen LogP contribution in [0.5, 0.6) is 0 Å². The number of para-hydroxylation sites is 2. The lowest BCUT2D eigenvalue weighted by molar-refractivity contribution is -0.136. The van der Waals surface area contributed by atoms with E-state index in [0.29, 0.717) is 23.4 Å². The lowest BCUT2D eigenvalue weighted by Gasteiger charge is -2.30. The van der Waals surface area contributed by atoms with Crippen LogP contribution in [0.4, 0.5) is 11.4 Å². The van der Waals surface area contributed by atoms with Crippen LogP contribution in [0.2, 0.25) is 0 Å². The smallest absolute Gasteiger partial charge is 0.313 e. The highest BCUT2D eigenvalue weighted by Crippen LogP contribution is 2.26. The van der Waals surface area contributed by atoms with Gasteiger partial charge in [0.15, 0.2) is 0 Å². The van der Waals surface area contributed by atoms with E-state index >= 15 is 0 Å². The molecule has 1 heterocycles. The predicted molar refractivity (Wildman–Crippen MR) is 89.2 cm³/mol. The molecule has 7 heteroatoms. The summed E-state index contributed by atoms with van der Waals surface area (Å²) < 4.78 is 5.93. The number of nitrogens with one attached hydrogen (secondary N) is 2. The first-order valence-electron chi connectivity index (χ1n) is 6.92. The van der Waals surface area contributed by atoms with E-state index in [0.717, 1.165) is 18.8 Å². The molecule has 1 aromatic carbocycles. The predicted octanol–water partition coefficient (Wildman–Crippen LogP) is 1.49. The minimum absolute atomic E-state index is 0.206. The summed E-state index contributed by atoms with van der Waals surface area (Å²) in [6, 6.07) is 7.41. The number of anilines is 2. The molecule has 0 aliphatic carbocycles. The number of amides is 2. The van der Waals surface area contributed by atoms with E-state index < -0.39 is 11.8 Å². The Morgan fingerprint density at radius 2 is 1.91 bits per heavy atom. The zero-order valence-electron chi connectivity index (χ0n) is 12.1. The summed E-state index contributed by atoms with van der Waals surface area (Å²) in [5.41, 5.74) is 1.50. The van der Waals surface area contributed by atoms with E-state index in [2.05, 4.69) is 38.0 Å². The van der Waals surface area contributed by atoms with Crippen LogP contribution in [0.1, 0.15) is 0 Å². The summed E-state index contributed by atoms with van der Waals surface area (Å²) in [6.07, 6.45) is 0. The van der Waals surface area contributed by atoms with Crippen molar-refractivity contribution in [2.75, 3.05) is 43.1 Å². The Bertz CT molecular complexity index is 571. The van der Waals surface area contributed by atoms with Gasteiger partial charge in [-0.2, -0.15) is 0 Å². The number of carbonyl (C=O) groups excluding carboxylic acids is 2. The molecule has 1 saturated heterocycles. The van der Waals surface area contributed by atoms with Gasteiger partial charge in [0.1, 0.15) is 0 Å². The van der Waals surface area contributed by atoms with E-state index in [4.69, 9.17) is 4.74 Å². The van der Waals surface area contributed by atoms with Gasteiger partial charge in [0.2, 0.25) is 0 Å². The van der Waals surface area contributed by atoms with Gasteiger partial charge >= 0.3 is 11.8 Å². The first kappa shape index (κ1) is 16.5. The van der Waals surface area contributed by atoms with E-state index in [1.807, 2.05) is 18.2 Å². The molecule has 1 fully saturated rings. The molecule has 0 unspecified atom stereocenters. The second kappa shape index (κ2) is 7.95. The highest BCUT2D eigenvalue weighted by Gasteiger charge is 2.18. The van der Waals surface area contributed by atoms with Crippen molar-refractivity contribution in [3.63, 3.8) is 0 Å². The van der Waals surface area contributed by atoms with Gasteiger partial charge in [0, 0.05) is 24.1 Å². The second-order valence-corrected chi connectivity index (χ2v) is 5.89. The quantitative estimate of drug-likeness (QED) is 0.790. The maximum atomic E-state index is 11.9. The number of carbonyl (C=O) groups is 2. The molecule has 118 valence electrons. The lowest BCUT2D eigenvalue weighted by Crippen LogP contribution is -2.38. The maximum Gasteiger partial charge on any atom is 0.313 e. The summed E-state index contributed by atoms with van der Waals surface area (Å²) in [6.45, 7) is 6.61. The number of hydrogen-bond acceptors (Lipinski definition) is 4.